The van der Waals surface area contributed by atoms with Gasteiger partial charge in [-0.1, -0.05) is 0 Å². The summed E-state index contributed by atoms with van der Waals surface area (Å²) in [5.41, 5.74) is 1.20. The van der Waals surface area contributed by atoms with Crippen LogP contribution in [0.3, 0.4) is 0 Å². The van der Waals surface area contributed by atoms with Crippen LogP contribution in [0.5, 0.6) is 0 Å². The minimum absolute atomic E-state index is 0.580. The second kappa shape index (κ2) is 4.87. The standard InChI is InChI=1S/C8H12.W/c1-5-6-8(4)7(2)3;/h1,5-7H,4H2,2-3H3;/b6-5-;. The first-order valence-electron chi connectivity index (χ1n) is 2.99. The molecule has 0 aliphatic carbocycles. The normalized spacial score (nSPS) is 10.6. The predicted molar refractivity (Wildman–Crippen MR) is 39.2 cm³/mol. The van der Waals surface area contributed by atoms with Crippen molar-refractivity contribution in [3.05, 3.63) is 24.3 Å². The van der Waals surface area contributed by atoms with Crippen molar-refractivity contribution in [2.24, 2.45) is 5.92 Å². The molecule has 0 aromatic carbocycles. The van der Waals surface area contributed by atoms with Gasteiger partial charge in [-0.25, -0.2) is 0 Å². The zero-order valence-electron chi connectivity index (χ0n) is 5.92. The molecule has 0 heterocycles. The van der Waals surface area contributed by atoms with E-state index in [0.29, 0.717) is 5.92 Å². The summed E-state index contributed by atoms with van der Waals surface area (Å²) < 4.78 is 2.09. The van der Waals surface area contributed by atoms with Gasteiger partial charge in [-0.15, -0.1) is 0 Å². The van der Waals surface area contributed by atoms with E-state index in [4.69, 9.17) is 0 Å². The van der Waals surface area contributed by atoms with Gasteiger partial charge in [-0.3, -0.25) is 0 Å². The van der Waals surface area contributed by atoms with Crippen LogP contribution in [0.2, 0.25) is 0 Å². The maximum absolute atomic E-state index is 3.89. The third kappa shape index (κ3) is 4.54. The van der Waals surface area contributed by atoms with Gasteiger partial charge in [0, 0.05) is 0 Å². The third-order valence-electron chi connectivity index (χ3n) is 1.13. The molecule has 0 aromatic rings. The van der Waals surface area contributed by atoms with E-state index in [1.54, 1.807) is 0 Å². The van der Waals surface area contributed by atoms with Crippen molar-refractivity contribution in [1.29, 1.82) is 0 Å². The van der Waals surface area contributed by atoms with Gasteiger partial charge >= 0.3 is 67.8 Å². The fourth-order valence-electron chi connectivity index (χ4n) is 0.355. The number of hydrogen-bond donors (Lipinski definition) is 0. The van der Waals surface area contributed by atoms with Crippen LogP contribution in [0.25, 0.3) is 0 Å². The summed E-state index contributed by atoms with van der Waals surface area (Å²) in [7, 11) is 0. The molecule has 0 aliphatic heterocycles. The summed E-state index contributed by atoms with van der Waals surface area (Å²) in [4.78, 5) is 0. The monoisotopic (exact) mass is 292 g/mol. The molecule has 0 atom stereocenters. The second-order valence-electron chi connectivity index (χ2n) is 2.22. The molecule has 0 N–H and O–H groups in total. The summed E-state index contributed by atoms with van der Waals surface area (Å²) in [5, 5.41) is 0. The molecule has 0 aromatic heterocycles. The van der Waals surface area contributed by atoms with E-state index in [-0.39, 0.29) is 0 Å². The minimum atomic E-state index is 0.580. The molecule has 0 radical (unpaired) electrons. The molecule has 0 rings (SSSR count). The first-order valence-corrected chi connectivity index (χ1v) is 4.68. The molecular formula is C8H12W. The van der Waals surface area contributed by atoms with Gasteiger partial charge in [-0.05, 0) is 0 Å². The fraction of sp³-hybridized carbons (Fsp3) is 0.375. The molecule has 50 valence electrons. The third-order valence-corrected chi connectivity index (χ3v) is 1.69. The summed E-state index contributed by atoms with van der Waals surface area (Å²) in [6, 6.07) is 0. The topological polar surface area (TPSA) is 0 Å². The first kappa shape index (κ1) is 9.04. The van der Waals surface area contributed by atoms with Crippen LogP contribution in [0, 0.1) is 5.92 Å². The van der Waals surface area contributed by atoms with Crippen LogP contribution in [0.4, 0.5) is 0 Å². The van der Waals surface area contributed by atoms with Gasteiger partial charge < -0.3 is 0 Å². The Hall–Kier alpha value is 0.0383. The molecule has 0 fully saturated rings. The van der Waals surface area contributed by atoms with Crippen LogP contribution in [-0.4, -0.2) is 4.40 Å². The number of allylic oxidation sites excluding steroid dienone is 3. The molecule has 1 heteroatoms. The van der Waals surface area contributed by atoms with E-state index in [2.05, 4.69) is 37.0 Å². The van der Waals surface area contributed by atoms with Gasteiger partial charge in [0.1, 0.15) is 0 Å². The van der Waals surface area contributed by atoms with Crippen LogP contribution in [0.1, 0.15) is 13.8 Å². The number of rotatable bonds is 3. The van der Waals surface area contributed by atoms with Crippen molar-refractivity contribution in [1.82, 2.24) is 0 Å². The van der Waals surface area contributed by atoms with E-state index >= 15 is 0 Å². The van der Waals surface area contributed by atoms with Gasteiger partial charge in [0.05, 0.1) is 0 Å². The Kier molecular flexibility index (Phi) is 4.90. The predicted octanol–water partition coefficient (Wildman–Crippen LogP) is 2.10. The summed E-state index contributed by atoms with van der Waals surface area (Å²) in [5.74, 6) is 0.580. The Morgan fingerprint density at radius 3 is 2.44 bits per heavy atom. The van der Waals surface area contributed by atoms with Crippen molar-refractivity contribution in [2.75, 3.05) is 0 Å². The summed E-state index contributed by atoms with van der Waals surface area (Å²) in [6.07, 6.45) is 4.12. The first-order chi connectivity index (χ1) is 4.18. The van der Waals surface area contributed by atoms with Crippen molar-refractivity contribution < 1.29 is 19.4 Å². The average molecular weight is 292 g/mol. The van der Waals surface area contributed by atoms with Crippen LogP contribution in [0.15, 0.2) is 24.3 Å². The SMILES string of the molecule is C=C(/C=C\[CH]=[W])C(C)C. The van der Waals surface area contributed by atoms with Crippen molar-refractivity contribution in [3.63, 3.8) is 0 Å². The fourth-order valence-corrected chi connectivity index (χ4v) is 0.638. The zero-order valence-corrected chi connectivity index (χ0v) is 8.86. The quantitative estimate of drug-likeness (QED) is 0.699. The Morgan fingerprint density at radius 2 is 2.11 bits per heavy atom. The zero-order chi connectivity index (χ0) is 7.28. The van der Waals surface area contributed by atoms with E-state index in [1.165, 1.54) is 24.9 Å². The molecule has 0 bridgehead atoms. The van der Waals surface area contributed by atoms with Crippen LogP contribution < -0.4 is 0 Å². The van der Waals surface area contributed by atoms with Gasteiger partial charge in [-0.2, -0.15) is 0 Å². The Morgan fingerprint density at radius 1 is 1.56 bits per heavy atom. The van der Waals surface area contributed by atoms with Gasteiger partial charge in [0.15, 0.2) is 0 Å². The molecule has 9 heavy (non-hydrogen) atoms. The van der Waals surface area contributed by atoms with Crippen LogP contribution in [-0.2, 0) is 19.4 Å². The molecular weight excluding hydrogens is 280 g/mol. The Bertz CT molecular complexity index is 132. The van der Waals surface area contributed by atoms with Gasteiger partial charge in [0.25, 0.3) is 0 Å². The molecule has 0 saturated heterocycles. The maximum atomic E-state index is 3.89. The summed E-state index contributed by atoms with van der Waals surface area (Å²) in [6.45, 7) is 8.19. The summed E-state index contributed by atoms with van der Waals surface area (Å²) >= 11 is 1.48. The van der Waals surface area contributed by atoms with E-state index in [1.807, 2.05) is 0 Å². The molecule has 0 nitrogen and oxygen atoms in total. The van der Waals surface area contributed by atoms with Gasteiger partial charge in [0.2, 0.25) is 0 Å². The second-order valence-corrected chi connectivity index (χ2v) is 3.20. The molecule has 0 spiro atoms. The van der Waals surface area contributed by atoms with Crippen LogP contribution >= 0.6 is 0 Å². The molecule has 0 saturated carbocycles. The Labute approximate surface area is 68.1 Å². The van der Waals surface area contributed by atoms with E-state index in [9.17, 15) is 0 Å². The van der Waals surface area contributed by atoms with Crippen molar-refractivity contribution >= 4 is 4.40 Å². The van der Waals surface area contributed by atoms with E-state index in [0.717, 1.165) is 0 Å². The molecule has 0 unspecified atom stereocenters. The molecule has 0 aliphatic rings. The number of hydrogen-bond acceptors (Lipinski definition) is 0. The van der Waals surface area contributed by atoms with Crippen molar-refractivity contribution in [3.8, 4) is 0 Å². The average Bonchev–Trinajstić information content (AvgIpc) is 1.82. The Balaban J connectivity index is 3.76. The van der Waals surface area contributed by atoms with Crippen molar-refractivity contribution in [2.45, 2.75) is 13.8 Å². The van der Waals surface area contributed by atoms with E-state index < -0.39 is 0 Å². The molecule has 0 amide bonds.